The molecule has 0 saturated carbocycles. The van der Waals surface area contributed by atoms with Crippen LogP contribution in [0.15, 0.2) is 35.7 Å². The van der Waals surface area contributed by atoms with Crippen molar-refractivity contribution in [1.29, 1.82) is 0 Å². The highest BCUT2D eigenvalue weighted by Crippen LogP contribution is 2.33. The van der Waals surface area contributed by atoms with Crippen LogP contribution in [0.2, 0.25) is 0 Å². The largest absolute Gasteiger partial charge is 0.469 e. The van der Waals surface area contributed by atoms with Crippen LogP contribution in [0.4, 0.5) is 0 Å². The lowest BCUT2D eigenvalue weighted by Gasteiger charge is -2.37. The molecule has 1 aliphatic rings. The SMILES string of the molecule is CC[C@H](C)[C@H](CC(=O)[C@H]1CCCCN1C)C(=O)N(C)[C@H](C[C@@H](OC(C)=O)c1nc(C(=O)N[C@@H](Cc2ccccc2)C[C@H](C)C(=O)NCCCCCC(=O)OC)cs1)C(C)C. The first kappa shape index (κ1) is 50.2. The summed E-state index contributed by atoms with van der Waals surface area (Å²) in [6, 6.07) is 8.84. The van der Waals surface area contributed by atoms with E-state index in [1.807, 2.05) is 72.0 Å². The van der Waals surface area contributed by atoms with E-state index in [0.29, 0.717) is 37.2 Å². The molecule has 1 saturated heterocycles. The van der Waals surface area contributed by atoms with Crippen LogP contribution < -0.4 is 10.6 Å². The number of hydrogen-bond donors (Lipinski definition) is 2. The minimum absolute atomic E-state index is 0.00612. The number of thiazole rings is 1. The van der Waals surface area contributed by atoms with E-state index >= 15 is 0 Å². The fraction of sp³-hybridized carbons (Fsp3) is 0.674. The summed E-state index contributed by atoms with van der Waals surface area (Å²) in [5.41, 5.74) is 1.18. The Bertz CT molecular complexity index is 1690. The van der Waals surface area contributed by atoms with Crippen LogP contribution >= 0.6 is 11.3 Å². The molecule has 0 aliphatic carbocycles. The number of carbonyl (C=O) groups is 6. The molecule has 334 valence electrons. The van der Waals surface area contributed by atoms with Crippen molar-refractivity contribution in [3.05, 3.63) is 52.0 Å². The number of ether oxygens (including phenoxy) is 2. The average molecular weight is 854 g/mol. The number of hydrogen-bond acceptors (Lipinski definition) is 11. The van der Waals surface area contributed by atoms with Crippen LogP contribution in [0.25, 0.3) is 0 Å². The van der Waals surface area contributed by atoms with Crippen LogP contribution in [0.3, 0.4) is 0 Å². The van der Waals surface area contributed by atoms with Gasteiger partial charge in [-0.05, 0) is 69.5 Å². The van der Waals surface area contributed by atoms with Gasteiger partial charge in [0.25, 0.3) is 5.91 Å². The number of nitrogens with zero attached hydrogens (tertiary/aromatic N) is 3. The molecule has 2 aromatic rings. The Balaban J connectivity index is 1.75. The van der Waals surface area contributed by atoms with Crippen molar-refractivity contribution in [2.75, 3.05) is 34.3 Å². The van der Waals surface area contributed by atoms with Crippen molar-refractivity contribution in [1.82, 2.24) is 25.4 Å². The predicted molar refractivity (Wildman–Crippen MR) is 234 cm³/mol. The summed E-state index contributed by atoms with van der Waals surface area (Å²) in [6.07, 6.45) is 6.73. The minimum Gasteiger partial charge on any atom is -0.469 e. The van der Waals surface area contributed by atoms with Gasteiger partial charge in [0.05, 0.1) is 13.2 Å². The van der Waals surface area contributed by atoms with Crippen LogP contribution in [0.5, 0.6) is 0 Å². The van der Waals surface area contributed by atoms with Gasteiger partial charge in [-0.2, -0.15) is 0 Å². The van der Waals surface area contributed by atoms with Gasteiger partial charge in [-0.3, -0.25) is 33.7 Å². The number of unbranched alkanes of at least 4 members (excludes halogenated alkanes) is 2. The molecule has 3 rings (SSSR count). The second-order valence-corrected chi connectivity index (χ2v) is 17.9. The smallest absolute Gasteiger partial charge is 0.305 e. The standard InChI is InChI=1S/C46H71N5O8S/c1-10-31(4)36(27-40(53)38-21-16-18-24-50(38)7)46(57)51(8)39(30(2)3)28-41(59-33(6)52)45-49-37(29-60-45)44(56)48-35(26-34-19-13-11-14-20-34)25-32(5)43(55)47-23-17-12-15-22-42(54)58-9/h11,13-14,19-20,29-32,35-36,38-39,41H,10,12,15-18,21-28H2,1-9H3,(H,47,55)(H,48,56)/t31-,32-,35+,36-,38+,39+,41+/m0/s1. The van der Waals surface area contributed by atoms with E-state index in [-0.39, 0.29) is 72.1 Å². The van der Waals surface area contributed by atoms with E-state index in [2.05, 4.69) is 25.3 Å². The molecule has 1 fully saturated rings. The lowest BCUT2D eigenvalue weighted by atomic mass is 9.83. The Morgan fingerprint density at radius 1 is 1.00 bits per heavy atom. The Labute approximate surface area is 362 Å². The molecular formula is C46H71N5O8S. The molecule has 1 aromatic carbocycles. The number of likely N-dealkylation sites (N-methyl/N-ethyl adjacent to an activating group) is 1. The van der Waals surface area contributed by atoms with Crippen LogP contribution in [0, 0.1) is 23.7 Å². The second-order valence-electron chi connectivity index (χ2n) is 17.0. The molecule has 1 aliphatic heterocycles. The highest BCUT2D eigenvalue weighted by Gasteiger charge is 2.37. The number of esters is 2. The fourth-order valence-electron chi connectivity index (χ4n) is 8.06. The van der Waals surface area contributed by atoms with E-state index < -0.39 is 29.8 Å². The second kappa shape index (κ2) is 25.6. The van der Waals surface area contributed by atoms with E-state index in [1.165, 1.54) is 25.4 Å². The lowest BCUT2D eigenvalue weighted by Crippen LogP contribution is -2.48. The van der Waals surface area contributed by atoms with Crippen molar-refractivity contribution in [2.45, 2.75) is 143 Å². The zero-order valence-electron chi connectivity index (χ0n) is 37.5. The van der Waals surface area contributed by atoms with Crippen molar-refractivity contribution in [3.63, 3.8) is 0 Å². The number of amides is 3. The van der Waals surface area contributed by atoms with E-state index in [9.17, 15) is 28.8 Å². The molecular weight excluding hydrogens is 783 g/mol. The molecule has 60 heavy (non-hydrogen) atoms. The van der Waals surface area contributed by atoms with Gasteiger partial charge >= 0.3 is 11.9 Å². The number of piperidine rings is 1. The number of aromatic nitrogens is 1. The summed E-state index contributed by atoms with van der Waals surface area (Å²) >= 11 is 1.22. The maximum Gasteiger partial charge on any atom is 0.305 e. The van der Waals surface area contributed by atoms with E-state index in [4.69, 9.17) is 4.74 Å². The number of likely N-dealkylation sites (tertiary alicyclic amines) is 1. The summed E-state index contributed by atoms with van der Waals surface area (Å²) in [5, 5.41) is 8.18. The summed E-state index contributed by atoms with van der Waals surface area (Å²) in [4.78, 5) is 87.2. The zero-order chi connectivity index (χ0) is 44.4. The molecule has 0 spiro atoms. The van der Waals surface area contributed by atoms with E-state index in [0.717, 1.165) is 50.6 Å². The normalized spacial score (nSPS) is 17.4. The average Bonchev–Trinajstić information content (AvgIpc) is 3.72. The van der Waals surface area contributed by atoms with Crippen molar-refractivity contribution < 1.29 is 38.2 Å². The van der Waals surface area contributed by atoms with Crippen molar-refractivity contribution in [3.8, 4) is 0 Å². The minimum atomic E-state index is -0.819. The quantitative estimate of drug-likeness (QED) is 0.0790. The van der Waals surface area contributed by atoms with E-state index in [1.54, 1.807) is 17.3 Å². The third-order valence-corrected chi connectivity index (χ3v) is 12.9. The monoisotopic (exact) mass is 854 g/mol. The van der Waals surface area contributed by atoms with Gasteiger partial charge in [0.2, 0.25) is 11.8 Å². The molecule has 2 heterocycles. The third-order valence-electron chi connectivity index (χ3n) is 12.0. The van der Waals surface area contributed by atoms with Gasteiger partial charge in [-0.1, -0.05) is 84.2 Å². The molecule has 0 bridgehead atoms. The maximum absolute atomic E-state index is 14.3. The highest BCUT2D eigenvalue weighted by molar-refractivity contribution is 7.09. The van der Waals surface area contributed by atoms with Crippen LogP contribution in [-0.2, 0) is 39.9 Å². The first-order valence-electron chi connectivity index (χ1n) is 21.9. The third kappa shape index (κ3) is 16.0. The number of Topliss-reactive ketones (excluding diaryl/α,β-unsaturated/α-hetero) is 1. The first-order chi connectivity index (χ1) is 28.6. The number of benzene rings is 1. The molecule has 14 heteroatoms. The number of methoxy groups -OCH3 is 1. The molecule has 0 unspecified atom stereocenters. The number of carbonyl (C=O) groups excluding carboxylic acids is 6. The molecule has 7 atom stereocenters. The summed E-state index contributed by atoms with van der Waals surface area (Å²) < 4.78 is 10.5. The maximum atomic E-state index is 14.3. The van der Waals surface area contributed by atoms with Gasteiger partial charge in [-0.25, -0.2) is 4.98 Å². The van der Waals surface area contributed by atoms with Gasteiger partial charge < -0.3 is 25.0 Å². The van der Waals surface area contributed by atoms with Crippen molar-refractivity contribution in [2.24, 2.45) is 23.7 Å². The summed E-state index contributed by atoms with van der Waals surface area (Å²) in [6.45, 7) is 12.6. The molecule has 13 nitrogen and oxygen atoms in total. The summed E-state index contributed by atoms with van der Waals surface area (Å²) in [7, 11) is 5.13. The van der Waals surface area contributed by atoms with Gasteiger partial charge in [0.1, 0.15) is 10.7 Å². The highest BCUT2D eigenvalue weighted by atomic mass is 32.1. The number of nitrogens with one attached hydrogen (secondary N) is 2. The lowest BCUT2D eigenvalue weighted by molar-refractivity contribution is -0.149. The molecule has 3 amide bonds. The molecule has 0 radical (unpaired) electrons. The molecule has 2 N–H and O–H groups in total. The summed E-state index contributed by atoms with van der Waals surface area (Å²) in [5.74, 6) is -2.16. The number of ketones is 1. The Morgan fingerprint density at radius 3 is 2.35 bits per heavy atom. The van der Waals surface area contributed by atoms with Crippen LogP contribution in [0.1, 0.15) is 139 Å². The van der Waals surface area contributed by atoms with Crippen molar-refractivity contribution >= 4 is 46.8 Å². The Morgan fingerprint density at radius 2 is 1.72 bits per heavy atom. The fourth-order valence-corrected chi connectivity index (χ4v) is 8.90. The van der Waals surface area contributed by atoms with Gasteiger partial charge in [0.15, 0.2) is 11.9 Å². The van der Waals surface area contributed by atoms with Crippen LogP contribution in [-0.4, -0.2) is 103 Å². The van der Waals surface area contributed by atoms with Gasteiger partial charge in [-0.15, -0.1) is 11.3 Å². The topological polar surface area (TPSA) is 164 Å². The Kier molecular flexibility index (Phi) is 21.4. The Hall–Kier alpha value is -4.17. The predicted octanol–water partition coefficient (Wildman–Crippen LogP) is 6.94. The first-order valence-corrected chi connectivity index (χ1v) is 22.8. The number of rotatable bonds is 25. The molecule has 1 aromatic heterocycles. The van der Waals surface area contributed by atoms with Gasteiger partial charge in [0, 0.05) is 69.1 Å². The zero-order valence-corrected chi connectivity index (χ0v) is 38.3.